The molecule has 0 bridgehead atoms. The second-order valence-electron chi connectivity index (χ2n) is 7.44. The number of hydrogen-bond acceptors (Lipinski definition) is 4. The number of benzene rings is 1. The van der Waals surface area contributed by atoms with Gasteiger partial charge in [0.15, 0.2) is 5.78 Å². The van der Waals surface area contributed by atoms with Crippen LogP contribution in [0.2, 0.25) is 0 Å². The molecule has 0 unspecified atom stereocenters. The van der Waals surface area contributed by atoms with Crippen molar-refractivity contribution in [3.8, 4) is 5.75 Å². The first-order valence-electron chi connectivity index (χ1n) is 10.1. The number of ether oxygens (including phenoxy) is 2. The fourth-order valence-corrected chi connectivity index (χ4v) is 3.91. The Hall–Kier alpha value is -1.85. The minimum absolute atomic E-state index is 0.109. The van der Waals surface area contributed by atoms with Gasteiger partial charge < -0.3 is 18.9 Å². The van der Waals surface area contributed by atoms with Crippen LogP contribution in [0.3, 0.4) is 0 Å². The normalized spacial score (nSPS) is 16.1. The largest absolute Gasteiger partial charge is 0.497 e. The summed E-state index contributed by atoms with van der Waals surface area (Å²) in [4.78, 5) is 14.5. The monoisotopic (exact) mass is 372 g/mol. The first-order chi connectivity index (χ1) is 13.1. The highest BCUT2D eigenvalue weighted by molar-refractivity contribution is 6.07. The highest BCUT2D eigenvalue weighted by Crippen LogP contribution is 2.26. The Morgan fingerprint density at radius 2 is 2.00 bits per heavy atom. The second kappa shape index (κ2) is 9.38. The SMILES string of the molecule is CCCOC1CCN(CCCn2cc(C(C)=O)c3ccc(OC)cc32)CC1. The van der Waals surface area contributed by atoms with E-state index in [-0.39, 0.29) is 5.78 Å². The van der Waals surface area contributed by atoms with Crippen molar-refractivity contribution in [2.45, 2.75) is 52.2 Å². The van der Waals surface area contributed by atoms with E-state index in [0.29, 0.717) is 6.10 Å². The van der Waals surface area contributed by atoms with Crippen LogP contribution in [0.1, 0.15) is 49.9 Å². The van der Waals surface area contributed by atoms with Gasteiger partial charge in [-0.1, -0.05) is 6.92 Å². The van der Waals surface area contributed by atoms with Crippen molar-refractivity contribution >= 4 is 16.7 Å². The van der Waals surface area contributed by atoms with E-state index < -0.39 is 0 Å². The summed E-state index contributed by atoms with van der Waals surface area (Å²) in [5.41, 5.74) is 1.87. The molecule has 1 aliphatic rings. The number of rotatable bonds is 9. The van der Waals surface area contributed by atoms with Crippen LogP contribution >= 0.6 is 0 Å². The lowest BCUT2D eigenvalue weighted by atomic mass is 10.1. The third kappa shape index (κ3) is 4.90. The van der Waals surface area contributed by atoms with Crippen LogP contribution in [0.25, 0.3) is 10.9 Å². The molecule has 0 N–H and O–H groups in total. The molecule has 1 aromatic heterocycles. The molecule has 0 atom stereocenters. The maximum Gasteiger partial charge on any atom is 0.161 e. The fraction of sp³-hybridized carbons (Fsp3) is 0.591. The van der Waals surface area contributed by atoms with Crippen LogP contribution in [-0.2, 0) is 11.3 Å². The van der Waals surface area contributed by atoms with E-state index in [1.807, 2.05) is 24.4 Å². The molecule has 0 spiro atoms. The van der Waals surface area contributed by atoms with Gasteiger partial charge in [0.1, 0.15) is 5.75 Å². The third-order valence-corrected chi connectivity index (χ3v) is 5.43. The molecule has 148 valence electrons. The number of fused-ring (bicyclic) bond motifs is 1. The summed E-state index contributed by atoms with van der Waals surface area (Å²) in [7, 11) is 1.67. The van der Waals surface area contributed by atoms with Crippen molar-refractivity contribution in [1.29, 1.82) is 0 Å². The van der Waals surface area contributed by atoms with E-state index in [1.54, 1.807) is 14.0 Å². The lowest BCUT2D eigenvalue weighted by Gasteiger charge is -2.31. The molecular formula is C22H32N2O3. The number of carbonyl (C=O) groups excluding carboxylic acids is 1. The van der Waals surface area contributed by atoms with E-state index in [9.17, 15) is 4.79 Å². The zero-order chi connectivity index (χ0) is 19.2. The molecule has 27 heavy (non-hydrogen) atoms. The number of nitrogens with zero attached hydrogens (tertiary/aromatic N) is 2. The minimum Gasteiger partial charge on any atom is -0.497 e. The average Bonchev–Trinajstić information content (AvgIpc) is 3.05. The van der Waals surface area contributed by atoms with Gasteiger partial charge in [-0.05, 0) is 51.3 Å². The van der Waals surface area contributed by atoms with Gasteiger partial charge in [0.2, 0.25) is 0 Å². The molecule has 1 aliphatic heterocycles. The highest BCUT2D eigenvalue weighted by Gasteiger charge is 2.19. The molecule has 2 aromatic rings. The van der Waals surface area contributed by atoms with Crippen molar-refractivity contribution < 1.29 is 14.3 Å². The van der Waals surface area contributed by atoms with Gasteiger partial charge >= 0.3 is 0 Å². The molecule has 0 saturated carbocycles. The van der Waals surface area contributed by atoms with E-state index in [2.05, 4.69) is 16.4 Å². The summed E-state index contributed by atoms with van der Waals surface area (Å²) >= 11 is 0. The first-order valence-corrected chi connectivity index (χ1v) is 10.1. The summed E-state index contributed by atoms with van der Waals surface area (Å²) in [6.07, 6.45) is 6.88. The number of ketones is 1. The lowest BCUT2D eigenvalue weighted by Crippen LogP contribution is -2.37. The third-order valence-electron chi connectivity index (χ3n) is 5.43. The van der Waals surface area contributed by atoms with Gasteiger partial charge in [0, 0.05) is 49.5 Å². The number of methoxy groups -OCH3 is 1. The van der Waals surface area contributed by atoms with Crippen LogP contribution in [0.15, 0.2) is 24.4 Å². The smallest absolute Gasteiger partial charge is 0.161 e. The molecule has 1 saturated heterocycles. The molecule has 0 amide bonds. The number of likely N-dealkylation sites (tertiary alicyclic amines) is 1. The Bertz CT molecular complexity index is 760. The summed E-state index contributed by atoms with van der Waals surface area (Å²) < 4.78 is 13.4. The van der Waals surface area contributed by atoms with Crippen LogP contribution in [0.5, 0.6) is 5.75 Å². The predicted molar refractivity (Wildman–Crippen MR) is 109 cm³/mol. The molecule has 0 radical (unpaired) electrons. The van der Waals surface area contributed by atoms with Gasteiger partial charge in [0.05, 0.1) is 18.7 Å². The zero-order valence-electron chi connectivity index (χ0n) is 16.9. The number of hydrogen-bond donors (Lipinski definition) is 0. The first kappa shape index (κ1) is 19.9. The summed E-state index contributed by atoms with van der Waals surface area (Å²) in [5.74, 6) is 0.934. The Kier molecular flexibility index (Phi) is 6.91. The maximum absolute atomic E-state index is 12.0. The van der Waals surface area contributed by atoms with Gasteiger partial charge in [0.25, 0.3) is 0 Å². The molecule has 5 heteroatoms. The Balaban J connectivity index is 1.58. The molecule has 5 nitrogen and oxygen atoms in total. The Labute approximate surface area is 162 Å². The van der Waals surface area contributed by atoms with Crippen LogP contribution in [-0.4, -0.2) is 54.7 Å². The predicted octanol–water partition coefficient (Wildman–Crippen LogP) is 4.13. The van der Waals surface area contributed by atoms with Crippen molar-refractivity contribution in [2.24, 2.45) is 0 Å². The number of Topliss-reactive ketones (excluding diaryl/α,β-unsaturated/α-hetero) is 1. The van der Waals surface area contributed by atoms with E-state index >= 15 is 0 Å². The molecular weight excluding hydrogens is 340 g/mol. The van der Waals surface area contributed by atoms with Crippen LogP contribution in [0.4, 0.5) is 0 Å². The minimum atomic E-state index is 0.109. The van der Waals surface area contributed by atoms with Gasteiger partial charge in [-0.2, -0.15) is 0 Å². The fourth-order valence-electron chi connectivity index (χ4n) is 3.91. The van der Waals surface area contributed by atoms with Gasteiger partial charge in [-0.25, -0.2) is 0 Å². The zero-order valence-corrected chi connectivity index (χ0v) is 16.9. The Morgan fingerprint density at radius 1 is 1.22 bits per heavy atom. The molecule has 1 aromatic carbocycles. The topological polar surface area (TPSA) is 43.7 Å². The molecule has 3 rings (SSSR count). The number of aromatic nitrogens is 1. The molecule has 2 heterocycles. The van der Waals surface area contributed by atoms with Crippen molar-refractivity contribution in [1.82, 2.24) is 9.47 Å². The van der Waals surface area contributed by atoms with Crippen molar-refractivity contribution in [3.63, 3.8) is 0 Å². The quantitative estimate of drug-likeness (QED) is 0.621. The van der Waals surface area contributed by atoms with Gasteiger partial charge in [-0.3, -0.25) is 4.79 Å². The number of carbonyl (C=O) groups is 1. The standard InChI is InChI=1S/C22H32N2O3/c1-4-14-27-18-8-12-23(13-9-18)10-5-11-24-16-21(17(2)25)20-7-6-19(26-3)15-22(20)24/h6-7,15-16,18H,4-5,8-14H2,1-3H3. The summed E-state index contributed by atoms with van der Waals surface area (Å²) in [5, 5.41) is 1.01. The number of aryl methyl sites for hydroxylation is 1. The van der Waals surface area contributed by atoms with E-state index in [0.717, 1.165) is 80.7 Å². The van der Waals surface area contributed by atoms with E-state index in [1.165, 1.54) is 0 Å². The molecule has 1 fully saturated rings. The maximum atomic E-state index is 12.0. The highest BCUT2D eigenvalue weighted by atomic mass is 16.5. The Morgan fingerprint density at radius 3 is 2.67 bits per heavy atom. The summed E-state index contributed by atoms with van der Waals surface area (Å²) in [6, 6.07) is 5.94. The lowest BCUT2D eigenvalue weighted by molar-refractivity contribution is 0.00759. The van der Waals surface area contributed by atoms with E-state index in [4.69, 9.17) is 9.47 Å². The second-order valence-corrected chi connectivity index (χ2v) is 7.44. The van der Waals surface area contributed by atoms with Crippen LogP contribution in [0, 0.1) is 0 Å². The van der Waals surface area contributed by atoms with Crippen molar-refractivity contribution in [3.05, 3.63) is 30.0 Å². The molecule has 0 aliphatic carbocycles. The number of piperidine rings is 1. The summed E-state index contributed by atoms with van der Waals surface area (Å²) in [6.45, 7) is 8.90. The van der Waals surface area contributed by atoms with Crippen molar-refractivity contribution in [2.75, 3.05) is 33.4 Å². The van der Waals surface area contributed by atoms with Crippen LogP contribution < -0.4 is 4.74 Å². The average molecular weight is 373 g/mol. The van der Waals surface area contributed by atoms with Gasteiger partial charge in [-0.15, -0.1) is 0 Å².